The van der Waals surface area contributed by atoms with Crippen molar-refractivity contribution in [1.82, 2.24) is 0 Å². The Morgan fingerprint density at radius 2 is 1.80 bits per heavy atom. The summed E-state index contributed by atoms with van der Waals surface area (Å²) in [4.78, 5) is 10.9. The van der Waals surface area contributed by atoms with E-state index in [2.05, 4.69) is 0 Å². The van der Waals surface area contributed by atoms with E-state index in [1.807, 2.05) is 0 Å². The van der Waals surface area contributed by atoms with E-state index in [0.29, 0.717) is 11.1 Å². The van der Waals surface area contributed by atoms with E-state index in [1.54, 1.807) is 0 Å². The average molecular weight is 297 g/mol. The number of carboxylic acids is 1. The van der Waals surface area contributed by atoms with Crippen molar-refractivity contribution < 1.29 is 18.7 Å². The maximum atomic E-state index is 14.1. The zero-order valence-corrected chi connectivity index (χ0v) is 11.3. The van der Waals surface area contributed by atoms with Crippen molar-refractivity contribution in [2.45, 2.75) is 12.8 Å². The zero-order chi connectivity index (χ0) is 14.9. The van der Waals surface area contributed by atoms with Crippen LogP contribution in [-0.4, -0.2) is 11.1 Å². The molecule has 1 unspecified atom stereocenters. The minimum atomic E-state index is -1.03. The predicted octanol–water partition coefficient (Wildman–Crippen LogP) is 4.47. The Labute approximate surface area is 119 Å². The third-order valence-corrected chi connectivity index (χ3v) is 3.40. The molecule has 2 aromatic carbocycles. The van der Waals surface area contributed by atoms with Gasteiger partial charge in [-0.05, 0) is 36.8 Å². The summed E-state index contributed by atoms with van der Waals surface area (Å²) < 4.78 is 27.1. The summed E-state index contributed by atoms with van der Waals surface area (Å²) in [6.07, 6.45) is 0. The van der Waals surface area contributed by atoms with Gasteiger partial charge >= 0.3 is 5.97 Å². The van der Waals surface area contributed by atoms with Crippen molar-refractivity contribution in [3.63, 3.8) is 0 Å². The monoisotopic (exact) mass is 296 g/mol. The fraction of sp³-hybridized carbons (Fsp3) is 0.133. The number of carbonyl (C=O) groups is 1. The summed E-state index contributed by atoms with van der Waals surface area (Å²) >= 11 is 5.89. The van der Waals surface area contributed by atoms with Gasteiger partial charge in [0.2, 0.25) is 0 Å². The van der Waals surface area contributed by atoms with Gasteiger partial charge in [0.1, 0.15) is 11.6 Å². The van der Waals surface area contributed by atoms with E-state index < -0.39 is 23.5 Å². The van der Waals surface area contributed by atoms with Gasteiger partial charge in [-0.1, -0.05) is 23.7 Å². The highest BCUT2D eigenvalue weighted by molar-refractivity contribution is 6.33. The highest BCUT2D eigenvalue weighted by atomic mass is 35.5. The van der Waals surface area contributed by atoms with Crippen LogP contribution in [0.25, 0.3) is 11.1 Å². The number of hydrogen-bond acceptors (Lipinski definition) is 1. The van der Waals surface area contributed by atoms with E-state index >= 15 is 0 Å². The molecule has 2 nitrogen and oxygen atoms in total. The van der Waals surface area contributed by atoms with Gasteiger partial charge in [-0.2, -0.15) is 0 Å². The largest absolute Gasteiger partial charge is 0.481 e. The molecule has 0 spiro atoms. The highest BCUT2D eigenvalue weighted by Gasteiger charge is 2.17. The van der Waals surface area contributed by atoms with Crippen LogP contribution in [0.4, 0.5) is 8.78 Å². The normalized spacial score (nSPS) is 12.2. The molecule has 0 aliphatic carbocycles. The molecule has 0 aliphatic heterocycles. The van der Waals surface area contributed by atoms with Gasteiger partial charge < -0.3 is 5.11 Å². The average Bonchev–Trinajstić information content (AvgIpc) is 2.38. The summed E-state index contributed by atoms with van der Waals surface area (Å²) in [5.74, 6) is -2.93. The summed E-state index contributed by atoms with van der Waals surface area (Å²) in [6, 6.07) is 7.81. The van der Waals surface area contributed by atoms with Gasteiger partial charge in [-0.25, -0.2) is 8.78 Å². The molecule has 5 heteroatoms. The van der Waals surface area contributed by atoms with E-state index in [9.17, 15) is 13.6 Å². The lowest BCUT2D eigenvalue weighted by Crippen LogP contribution is -2.07. The maximum Gasteiger partial charge on any atom is 0.310 e. The van der Waals surface area contributed by atoms with Crippen LogP contribution in [0.15, 0.2) is 36.4 Å². The number of rotatable bonds is 3. The van der Waals surface area contributed by atoms with E-state index in [-0.39, 0.29) is 10.6 Å². The molecule has 1 atom stereocenters. The Morgan fingerprint density at radius 1 is 1.15 bits per heavy atom. The standard InChI is InChI=1S/C15H11ClF2O2/c1-8(15(19)20)9-2-4-12(14(18)6-9)11-5-3-10(17)7-13(11)16/h2-8H,1H3,(H,19,20). The Morgan fingerprint density at radius 3 is 2.35 bits per heavy atom. The summed E-state index contributed by atoms with van der Waals surface area (Å²) in [6.45, 7) is 1.47. The minimum absolute atomic E-state index is 0.0999. The molecule has 0 aromatic heterocycles. The maximum absolute atomic E-state index is 14.1. The Bertz CT molecular complexity index is 671. The van der Waals surface area contributed by atoms with Crippen LogP contribution in [0.1, 0.15) is 18.4 Å². The molecule has 1 N–H and O–H groups in total. The van der Waals surface area contributed by atoms with Crippen LogP contribution in [0.5, 0.6) is 0 Å². The van der Waals surface area contributed by atoms with Crippen molar-refractivity contribution in [2.24, 2.45) is 0 Å². The van der Waals surface area contributed by atoms with Crippen LogP contribution in [0.2, 0.25) is 5.02 Å². The number of benzene rings is 2. The Kier molecular flexibility index (Phi) is 4.04. The Hall–Kier alpha value is -1.94. The van der Waals surface area contributed by atoms with Gasteiger partial charge in [0.25, 0.3) is 0 Å². The number of hydrogen-bond donors (Lipinski definition) is 1. The molecule has 2 rings (SSSR count). The van der Waals surface area contributed by atoms with Gasteiger partial charge in [0.15, 0.2) is 0 Å². The summed E-state index contributed by atoms with van der Waals surface area (Å²) in [7, 11) is 0. The second-order valence-corrected chi connectivity index (χ2v) is 4.83. The van der Waals surface area contributed by atoms with Crippen molar-refractivity contribution in [1.29, 1.82) is 0 Å². The molecule has 20 heavy (non-hydrogen) atoms. The summed E-state index contributed by atoms with van der Waals surface area (Å²) in [5, 5.41) is 9.00. The first-order valence-corrected chi connectivity index (χ1v) is 6.25. The minimum Gasteiger partial charge on any atom is -0.481 e. The molecule has 0 bridgehead atoms. The molecule has 0 saturated carbocycles. The molecule has 0 fully saturated rings. The van der Waals surface area contributed by atoms with E-state index in [0.717, 1.165) is 12.1 Å². The lowest BCUT2D eigenvalue weighted by atomic mass is 9.97. The highest BCUT2D eigenvalue weighted by Crippen LogP contribution is 2.32. The van der Waals surface area contributed by atoms with Crippen molar-refractivity contribution in [3.8, 4) is 11.1 Å². The quantitative estimate of drug-likeness (QED) is 0.907. The molecule has 0 amide bonds. The molecular formula is C15H11ClF2O2. The first-order valence-electron chi connectivity index (χ1n) is 5.88. The number of carboxylic acid groups (broad SMARTS) is 1. The molecule has 0 aliphatic rings. The molecule has 104 valence electrons. The molecule has 2 aromatic rings. The van der Waals surface area contributed by atoms with Gasteiger partial charge in [0, 0.05) is 11.1 Å². The SMILES string of the molecule is CC(C(=O)O)c1ccc(-c2ccc(F)cc2Cl)c(F)c1. The van der Waals surface area contributed by atoms with E-state index in [4.69, 9.17) is 16.7 Å². The van der Waals surface area contributed by atoms with E-state index in [1.165, 1.54) is 31.2 Å². The van der Waals surface area contributed by atoms with Crippen molar-refractivity contribution in [3.05, 3.63) is 58.6 Å². The predicted molar refractivity (Wildman–Crippen MR) is 72.9 cm³/mol. The lowest BCUT2D eigenvalue weighted by Gasteiger charge is -2.10. The van der Waals surface area contributed by atoms with Crippen LogP contribution >= 0.6 is 11.6 Å². The first-order chi connectivity index (χ1) is 9.40. The first kappa shape index (κ1) is 14.5. The molecule has 0 radical (unpaired) electrons. The second-order valence-electron chi connectivity index (χ2n) is 4.42. The van der Waals surface area contributed by atoms with Crippen molar-refractivity contribution in [2.75, 3.05) is 0 Å². The van der Waals surface area contributed by atoms with Crippen molar-refractivity contribution >= 4 is 17.6 Å². The van der Waals surface area contributed by atoms with Crippen LogP contribution < -0.4 is 0 Å². The third kappa shape index (κ3) is 2.80. The number of halogens is 3. The smallest absolute Gasteiger partial charge is 0.310 e. The van der Waals surface area contributed by atoms with Crippen LogP contribution in [0, 0.1) is 11.6 Å². The molecular weight excluding hydrogens is 286 g/mol. The number of aliphatic carboxylic acids is 1. The van der Waals surface area contributed by atoms with Crippen LogP contribution in [-0.2, 0) is 4.79 Å². The fourth-order valence-corrected chi connectivity index (χ4v) is 2.14. The second kappa shape index (κ2) is 5.59. The third-order valence-electron chi connectivity index (χ3n) is 3.08. The van der Waals surface area contributed by atoms with Crippen LogP contribution in [0.3, 0.4) is 0 Å². The zero-order valence-electron chi connectivity index (χ0n) is 10.5. The van der Waals surface area contributed by atoms with Gasteiger partial charge in [-0.15, -0.1) is 0 Å². The van der Waals surface area contributed by atoms with Gasteiger partial charge in [-0.3, -0.25) is 4.79 Å². The molecule has 0 heterocycles. The Balaban J connectivity index is 2.47. The summed E-state index contributed by atoms with van der Waals surface area (Å²) in [5.41, 5.74) is 0.924. The topological polar surface area (TPSA) is 37.3 Å². The van der Waals surface area contributed by atoms with Gasteiger partial charge in [0.05, 0.1) is 10.9 Å². The molecule has 0 saturated heterocycles. The fourth-order valence-electron chi connectivity index (χ4n) is 1.87. The lowest BCUT2D eigenvalue weighted by molar-refractivity contribution is -0.138.